The van der Waals surface area contributed by atoms with Gasteiger partial charge < -0.3 is 10.2 Å². The highest BCUT2D eigenvalue weighted by atomic mass is 32.1. The van der Waals surface area contributed by atoms with Crippen LogP contribution in [0, 0.1) is 0 Å². The van der Waals surface area contributed by atoms with Crippen LogP contribution >= 0.6 is 11.3 Å². The molecule has 0 spiro atoms. The Morgan fingerprint density at radius 3 is 2.06 bits per heavy atom. The third-order valence-corrected chi connectivity index (χ3v) is 13.0. The normalized spacial score (nSPS) is 17.9. The maximum atomic E-state index is 13.7. The maximum Gasteiger partial charge on any atom is 0.261 e. The van der Waals surface area contributed by atoms with Gasteiger partial charge in [0.15, 0.2) is 0 Å². The second kappa shape index (κ2) is 10.6. The summed E-state index contributed by atoms with van der Waals surface area (Å²) in [4.78, 5) is 7.75. The second-order valence-corrected chi connectivity index (χ2v) is 15.7. The molecule has 0 radical (unpaired) electrons. The molecule has 1 saturated heterocycles. The molecule has 1 aliphatic rings. The predicted molar refractivity (Wildman–Crippen MR) is 142 cm³/mol. The number of nitrogens with zero attached hydrogens (tertiary/aromatic N) is 2. The number of halogens is 2. The summed E-state index contributed by atoms with van der Waals surface area (Å²) in [6.45, 7) is 8.23. The van der Waals surface area contributed by atoms with Gasteiger partial charge in [0.25, 0.3) is 14.2 Å². The van der Waals surface area contributed by atoms with E-state index in [2.05, 4.69) is 79.2 Å². The zero-order valence-corrected chi connectivity index (χ0v) is 22.5. The summed E-state index contributed by atoms with van der Waals surface area (Å²) in [6, 6.07) is 21.0. The van der Waals surface area contributed by atoms with Gasteiger partial charge in [-0.25, -0.2) is 13.8 Å². The molecule has 4 nitrogen and oxygen atoms in total. The van der Waals surface area contributed by atoms with E-state index in [9.17, 15) is 8.78 Å². The SMILES string of the molecule is CC(C)(C)[Si](OCc1ncc(C(CN)N2CCC(F)(F)CC2)s1)(c1ccccc1)c1ccccc1. The summed E-state index contributed by atoms with van der Waals surface area (Å²) in [6.07, 6.45) is 1.61. The van der Waals surface area contributed by atoms with Gasteiger partial charge >= 0.3 is 0 Å². The van der Waals surface area contributed by atoms with E-state index in [1.54, 1.807) is 11.3 Å². The first-order chi connectivity index (χ1) is 16.7. The number of alkyl halides is 2. The molecule has 1 unspecified atom stereocenters. The molecule has 8 heteroatoms. The quantitative estimate of drug-likeness (QED) is 0.431. The topological polar surface area (TPSA) is 51.4 Å². The van der Waals surface area contributed by atoms with Gasteiger partial charge in [0.1, 0.15) is 5.01 Å². The zero-order valence-electron chi connectivity index (χ0n) is 20.7. The van der Waals surface area contributed by atoms with Crippen LogP contribution in [-0.2, 0) is 11.0 Å². The van der Waals surface area contributed by atoms with Crippen LogP contribution in [0.4, 0.5) is 8.78 Å². The molecule has 188 valence electrons. The summed E-state index contributed by atoms with van der Waals surface area (Å²) >= 11 is 1.58. The number of rotatable bonds is 8. The van der Waals surface area contributed by atoms with Gasteiger partial charge in [-0.15, -0.1) is 11.3 Å². The molecule has 2 aromatic carbocycles. The molecule has 4 rings (SSSR count). The van der Waals surface area contributed by atoms with Crippen molar-refractivity contribution in [1.82, 2.24) is 9.88 Å². The molecule has 1 aliphatic heterocycles. The Hall–Kier alpha value is -1.97. The summed E-state index contributed by atoms with van der Waals surface area (Å²) in [5.74, 6) is -2.57. The molecular weight excluding hydrogens is 480 g/mol. The lowest BCUT2D eigenvalue weighted by atomic mass is 10.0. The largest absolute Gasteiger partial charge is 0.401 e. The number of nitrogens with two attached hydrogens (primary N) is 1. The average molecular weight is 516 g/mol. The van der Waals surface area contributed by atoms with Crippen LogP contribution in [-0.4, -0.2) is 43.8 Å². The minimum absolute atomic E-state index is 0.0924. The zero-order chi connectivity index (χ0) is 25.1. The Bertz CT molecular complexity index is 1040. The molecule has 1 fully saturated rings. The molecule has 3 aromatic rings. The first kappa shape index (κ1) is 26.1. The van der Waals surface area contributed by atoms with Crippen molar-refractivity contribution < 1.29 is 13.2 Å². The molecule has 1 atom stereocenters. The highest BCUT2D eigenvalue weighted by molar-refractivity contribution is 7.11. The third-order valence-electron chi connectivity index (χ3n) is 6.92. The maximum absolute atomic E-state index is 13.7. The number of hydrogen-bond donors (Lipinski definition) is 1. The van der Waals surface area contributed by atoms with Gasteiger partial charge in [-0.05, 0) is 15.4 Å². The van der Waals surface area contributed by atoms with E-state index in [1.807, 2.05) is 18.3 Å². The first-order valence-corrected chi connectivity index (χ1v) is 14.9. The molecular formula is C27H35F2N3OSSi. The van der Waals surface area contributed by atoms with Crippen LogP contribution in [0.15, 0.2) is 66.9 Å². The van der Waals surface area contributed by atoms with Gasteiger partial charge in [-0.3, -0.25) is 4.90 Å². The average Bonchev–Trinajstić information content (AvgIpc) is 3.30. The highest BCUT2D eigenvalue weighted by Gasteiger charge is 2.50. The lowest BCUT2D eigenvalue weighted by molar-refractivity contribution is -0.0625. The molecule has 2 heterocycles. The Morgan fingerprint density at radius 2 is 1.57 bits per heavy atom. The molecule has 0 amide bonds. The lowest BCUT2D eigenvalue weighted by Crippen LogP contribution is -2.66. The number of hydrogen-bond acceptors (Lipinski definition) is 5. The number of aromatic nitrogens is 1. The summed E-state index contributed by atoms with van der Waals surface area (Å²) in [5.41, 5.74) is 6.09. The van der Waals surface area contributed by atoms with E-state index < -0.39 is 14.2 Å². The van der Waals surface area contributed by atoms with Crippen LogP contribution in [0.1, 0.15) is 49.5 Å². The van der Waals surface area contributed by atoms with E-state index in [4.69, 9.17) is 10.2 Å². The van der Waals surface area contributed by atoms with Gasteiger partial charge in [-0.2, -0.15) is 0 Å². The Labute approximate surface area is 212 Å². The predicted octanol–water partition coefficient (Wildman–Crippen LogP) is 4.95. The molecule has 0 aliphatic carbocycles. The fourth-order valence-electron chi connectivity index (χ4n) is 5.08. The Kier molecular flexibility index (Phi) is 7.88. The van der Waals surface area contributed by atoms with Crippen LogP contribution in [0.2, 0.25) is 5.04 Å². The fourth-order valence-corrected chi connectivity index (χ4v) is 10.7. The van der Waals surface area contributed by atoms with Crippen LogP contribution < -0.4 is 16.1 Å². The monoisotopic (exact) mass is 515 g/mol. The van der Waals surface area contributed by atoms with Crippen LogP contribution in [0.5, 0.6) is 0 Å². The van der Waals surface area contributed by atoms with Crippen LogP contribution in [0.25, 0.3) is 0 Å². The van der Waals surface area contributed by atoms with Crippen LogP contribution in [0.3, 0.4) is 0 Å². The molecule has 35 heavy (non-hydrogen) atoms. The van der Waals surface area contributed by atoms with E-state index in [-0.39, 0.29) is 23.9 Å². The van der Waals surface area contributed by atoms with Crippen molar-refractivity contribution in [2.24, 2.45) is 5.73 Å². The summed E-state index contributed by atoms with van der Waals surface area (Å²) < 4.78 is 34.3. The minimum Gasteiger partial charge on any atom is -0.401 e. The van der Waals surface area contributed by atoms with E-state index in [0.717, 1.165) is 9.88 Å². The molecule has 0 saturated carbocycles. The minimum atomic E-state index is -2.66. The van der Waals surface area contributed by atoms with Crippen molar-refractivity contribution >= 4 is 30.0 Å². The van der Waals surface area contributed by atoms with Crippen molar-refractivity contribution in [1.29, 1.82) is 0 Å². The smallest absolute Gasteiger partial charge is 0.261 e. The molecule has 0 bridgehead atoms. The summed E-state index contributed by atoms with van der Waals surface area (Å²) in [5, 5.41) is 3.22. The van der Waals surface area contributed by atoms with E-state index >= 15 is 0 Å². The Balaban J connectivity index is 1.60. The number of thiazole rings is 1. The fraction of sp³-hybridized carbons (Fsp3) is 0.444. The van der Waals surface area contributed by atoms with Crippen molar-refractivity contribution in [3.63, 3.8) is 0 Å². The lowest BCUT2D eigenvalue weighted by Gasteiger charge is -2.42. The highest BCUT2D eigenvalue weighted by Crippen LogP contribution is 2.38. The van der Waals surface area contributed by atoms with Crippen molar-refractivity contribution in [3.05, 3.63) is 76.7 Å². The molecule has 2 N–H and O–H groups in total. The number of likely N-dealkylation sites (tertiary alicyclic amines) is 1. The Morgan fingerprint density at radius 1 is 1.03 bits per heavy atom. The first-order valence-electron chi connectivity index (χ1n) is 12.2. The second-order valence-electron chi connectivity index (χ2n) is 10.3. The number of piperidine rings is 1. The standard InChI is InChI=1S/C27H35F2N3OSSi/c1-26(2,3)35(21-10-6-4-7-11-21,22-12-8-5-9-13-22)33-20-25-31-19-24(34-25)23(18-30)32-16-14-27(28,29)15-17-32/h4-13,19,23H,14-18,20,30H2,1-3H3. The number of benzene rings is 2. The summed E-state index contributed by atoms with van der Waals surface area (Å²) in [7, 11) is -2.66. The molecule has 1 aromatic heterocycles. The van der Waals surface area contributed by atoms with Crippen molar-refractivity contribution in [2.45, 2.75) is 57.2 Å². The van der Waals surface area contributed by atoms with Gasteiger partial charge in [0.2, 0.25) is 0 Å². The third kappa shape index (κ3) is 5.57. The van der Waals surface area contributed by atoms with E-state index in [0.29, 0.717) is 26.2 Å². The van der Waals surface area contributed by atoms with Crippen molar-refractivity contribution in [3.8, 4) is 0 Å². The van der Waals surface area contributed by atoms with Gasteiger partial charge in [-0.1, -0.05) is 81.4 Å². The van der Waals surface area contributed by atoms with E-state index in [1.165, 1.54) is 10.4 Å². The van der Waals surface area contributed by atoms with Gasteiger partial charge in [0, 0.05) is 43.5 Å². The van der Waals surface area contributed by atoms with Gasteiger partial charge in [0.05, 0.1) is 12.6 Å². The van der Waals surface area contributed by atoms with Crippen molar-refractivity contribution in [2.75, 3.05) is 19.6 Å².